The fraction of sp³-hybridized carbons (Fsp3) is 0.737. The van der Waals surface area contributed by atoms with Crippen LogP contribution in [-0.2, 0) is 31.2 Å². The smallest absolute Gasteiger partial charge is 0.407 e. The number of rotatable bonds is 8. The van der Waals surface area contributed by atoms with Crippen molar-refractivity contribution in [1.82, 2.24) is 25.7 Å². The summed E-state index contributed by atoms with van der Waals surface area (Å²) in [5.74, 6) is 0.736. The lowest BCUT2D eigenvalue weighted by Gasteiger charge is -2.19. The van der Waals surface area contributed by atoms with E-state index in [0.717, 1.165) is 30.9 Å². The van der Waals surface area contributed by atoms with Gasteiger partial charge in [-0.05, 0) is 40.0 Å². The summed E-state index contributed by atoms with van der Waals surface area (Å²) in [5, 5.41) is 14.0. The van der Waals surface area contributed by atoms with E-state index in [4.69, 9.17) is 4.74 Å². The summed E-state index contributed by atoms with van der Waals surface area (Å²) in [6.45, 7) is 11.7. The Balaban J connectivity index is 2.39. The molecule has 0 atom stereocenters. The van der Waals surface area contributed by atoms with Gasteiger partial charge in [-0.15, -0.1) is 0 Å². The lowest BCUT2D eigenvalue weighted by Crippen LogP contribution is -2.39. The number of carbonyl (C=O) groups is 1. The fourth-order valence-corrected chi connectivity index (χ4v) is 2.79. The van der Waals surface area contributed by atoms with Crippen LogP contribution in [-0.4, -0.2) is 47.6 Å². The van der Waals surface area contributed by atoms with Crippen LogP contribution >= 0.6 is 0 Å². The van der Waals surface area contributed by atoms with Crippen LogP contribution in [0.3, 0.4) is 0 Å². The predicted octanol–water partition coefficient (Wildman–Crippen LogP) is 2.12. The molecular weight excluding hydrogens is 344 g/mol. The van der Waals surface area contributed by atoms with Crippen LogP contribution in [0.2, 0.25) is 0 Å². The molecule has 1 aromatic rings. The number of carbonyl (C=O) groups excluding carboxylic acids is 1. The van der Waals surface area contributed by atoms with Crippen molar-refractivity contribution in [1.29, 1.82) is 0 Å². The Morgan fingerprint density at radius 1 is 1.15 bits per heavy atom. The van der Waals surface area contributed by atoms with Crippen molar-refractivity contribution in [3.8, 4) is 0 Å². The summed E-state index contributed by atoms with van der Waals surface area (Å²) in [6.07, 6.45) is 2.24. The number of nitrogens with zero attached hydrogens (tertiary/aromatic N) is 3. The van der Waals surface area contributed by atoms with E-state index in [1.165, 1.54) is 11.3 Å². The number of alkyl carbamates (subject to hydrolysis) is 1. The molecule has 154 valence electrons. The zero-order valence-electron chi connectivity index (χ0n) is 17.9. The van der Waals surface area contributed by atoms with Crippen LogP contribution in [0.1, 0.15) is 58.0 Å². The van der Waals surface area contributed by atoms with Crippen molar-refractivity contribution in [2.45, 2.75) is 66.0 Å². The molecule has 1 rings (SSSR count). The number of aliphatic imine (C=N–C) groups is 1. The Kier molecular flexibility index (Phi) is 9.11. The third-order valence-corrected chi connectivity index (χ3v) is 4.00. The van der Waals surface area contributed by atoms with Gasteiger partial charge in [-0.1, -0.05) is 13.8 Å². The molecule has 0 spiro atoms. The van der Waals surface area contributed by atoms with Gasteiger partial charge in [-0.25, -0.2) is 4.79 Å². The largest absolute Gasteiger partial charge is 0.444 e. The molecule has 0 fully saturated rings. The molecule has 0 aromatic carbocycles. The van der Waals surface area contributed by atoms with Gasteiger partial charge in [0.2, 0.25) is 0 Å². The van der Waals surface area contributed by atoms with Crippen molar-refractivity contribution >= 4 is 12.1 Å². The molecule has 0 aliphatic carbocycles. The van der Waals surface area contributed by atoms with Crippen molar-refractivity contribution in [2.75, 3.05) is 20.1 Å². The lowest BCUT2D eigenvalue weighted by molar-refractivity contribution is 0.0527. The van der Waals surface area contributed by atoms with E-state index >= 15 is 0 Å². The molecule has 0 aliphatic rings. The molecule has 0 aliphatic heterocycles. The highest BCUT2D eigenvalue weighted by atomic mass is 16.6. The Hall–Kier alpha value is -2.25. The first-order valence-electron chi connectivity index (χ1n) is 9.66. The summed E-state index contributed by atoms with van der Waals surface area (Å²) in [4.78, 5) is 15.9. The maximum Gasteiger partial charge on any atom is 0.407 e. The van der Waals surface area contributed by atoms with Gasteiger partial charge >= 0.3 is 6.09 Å². The Morgan fingerprint density at radius 2 is 1.81 bits per heavy atom. The number of aromatic nitrogens is 2. The van der Waals surface area contributed by atoms with Crippen LogP contribution in [0.15, 0.2) is 4.99 Å². The first-order chi connectivity index (χ1) is 12.7. The Bertz CT molecular complexity index is 631. The number of hydrogen-bond donors (Lipinski definition) is 3. The minimum absolute atomic E-state index is 0.388. The van der Waals surface area contributed by atoms with E-state index in [2.05, 4.69) is 39.9 Å². The van der Waals surface area contributed by atoms with Crippen molar-refractivity contribution in [3.63, 3.8) is 0 Å². The van der Waals surface area contributed by atoms with E-state index in [9.17, 15) is 4.79 Å². The van der Waals surface area contributed by atoms with Gasteiger partial charge in [0, 0.05) is 45.0 Å². The number of guanidine groups is 1. The van der Waals surface area contributed by atoms with Gasteiger partial charge in [0.25, 0.3) is 0 Å². The molecule has 0 saturated heterocycles. The maximum absolute atomic E-state index is 11.6. The van der Waals surface area contributed by atoms with E-state index in [1.54, 1.807) is 7.05 Å². The summed E-state index contributed by atoms with van der Waals surface area (Å²) in [6, 6.07) is 0. The number of aryl methyl sites for hydroxylation is 2. The van der Waals surface area contributed by atoms with E-state index in [-0.39, 0.29) is 6.09 Å². The Labute approximate surface area is 163 Å². The number of ether oxygens (including phenoxy) is 1. The molecule has 3 N–H and O–H groups in total. The maximum atomic E-state index is 11.6. The highest BCUT2D eigenvalue weighted by Gasteiger charge is 2.15. The molecule has 8 heteroatoms. The minimum Gasteiger partial charge on any atom is -0.444 e. The average molecular weight is 381 g/mol. The third-order valence-electron chi connectivity index (χ3n) is 4.00. The molecule has 0 saturated carbocycles. The topological polar surface area (TPSA) is 92.6 Å². The average Bonchev–Trinajstić information content (AvgIpc) is 2.90. The molecule has 0 unspecified atom stereocenters. The summed E-state index contributed by atoms with van der Waals surface area (Å²) in [5.41, 5.74) is 3.14. The quantitative estimate of drug-likeness (QED) is 0.365. The normalized spacial score (nSPS) is 12.0. The van der Waals surface area contributed by atoms with Gasteiger partial charge in [-0.2, -0.15) is 5.10 Å². The second kappa shape index (κ2) is 10.8. The van der Waals surface area contributed by atoms with E-state index < -0.39 is 5.60 Å². The van der Waals surface area contributed by atoms with Crippen LogP contribution in [0, 0.1) is 0 Å². The second-order valence-electron chi connectivity index (χ2n) is 7.34. The van der Waals surface area contributed by atoms with Crippen molar-refractivity contribution in [3.05, 3.63) is 17.0 Å². The van der Waals surface area contributed by atoms with Crippen LogP contribution in [0.5, 0.6) is 0 Å². The minimum atomic E-state index is -0.477. The van der Waals surface area contributed by atoms with Crippen molar-refractivity contribution < 1.29 is 9.53 Å². The van der Waals surface area contributed by atoms with Gasteiger partial charge in [0.1, 0.15) is 5.60 Å². The SMILES string of the molecule is CCc1nn(C)c(CC)c1CNC(=NC)NCCCNC(=O)OC(C)(C)C. The summed E-state index contributed by atoms with van der Waals surface area (Å²) in [7, 11) is 3.74. The van der Waals surface area contributed by atoms with E-state index in [0.29, 0.717) is 19.6 Å². The molecule has 8 nitrogen and oxygen atoms in total. The zero-order chi connectivity index (χ0) is 20.4. The first kappa shape index (κ1) is 22.8. The third kappa shape index (κ3) is 7.88. The molecule has 0 radical (unpaired) electrons. The number of hydrogen-bond acceptors (Lipinski definition) is 4. The van der Waals surface area contributed by atoms with E-state index in [1.807, 2.05) is 32.5 Å². The summed E-state index contributed by atoms with van der Waals surface area (Å²) < 4.78 is 7.17. The second-order valence-corrected chi connectivity index (χ2v) is 7.34. The zero-order valence-corrected chi connectivity index (χ0v) is 17.9. The van der Waals surface area contributed by atoms with Crippen LogP contribution < -0.4 is 16.0 Å². The molecular formula is C19H36N6O2. The fourth-order valence-electron chi connectivity index (χ4n) is 2.79. The molecule has 1 amide bonds. The van der Waals surface area contributed by atoms with Crippen molar-refractivity contribution in [2.24, 2.45) is 12.0 Å². The predicted molar refractivity (Wildman–Crippen MR) is 109 cm³/mol. The molecule has 0 bridgehead atoms. The highest BCUT2D eigenvalue weighted by Crippen LogP contribution is 2.15. The molecule has 27 heavy (non-hydrogen) atoms. The first-order valence-corrected chi connectivity index (χ1v) is 9.66. The van der Waals surface area contributed by atoms with Gasteiger partial charge in [0.05, 0.1) is 5.69 Å². The Morgan fingerprint density at radius 3 is 2.37 bits per heavy atom. The number of nitrogens with one attached hydrogen (secondary N) is 3. The van der Waals surface area contributed by atoms with Gasteiger partial charge < -0.3 is 20.7 Å². The molecule has 1 aromatic heterocycles. The van der Waals surface area contributed by atoms with Crippen LogP contribution in [0.25, 0.3) is 0 Å². The number of amides is 1. The van der Waals surface area contributed by atoms with Crippen LogP contribution in [0.4, 0.5) is 4.79 Å². The lowest BCUT2D eigenvalue weighted by atomic mass is 10.1. The monoisotopic (exact) mass is 380 g/mol. The summed E-state index contributed by atoms with van der Waals surface area (Å²) >= 11 is 0. The molecule has 1 heterocycles. The van der Waals surface area contributed by atoms with Gasteiger partial charge in [-0.3, -0.25) is 9.67 Å². The highest BCUT2D eigenvalue weighted by molar-refractivity contribution is 5.79. The standard InChI is InChI=1S/C19H36N6O2/c1-8-15-14(16(9-2)25(7)24-15)13-23-17(20-6)21-11-10-12-22-18(26)27-19(3,4)5/h8-13H2,1-7H3,(H,22,26)(H2,20,21,23). The van der Waals surface area contributed by atoms with Gasteiger partial charge in [0.15, 0.2) is 5.96 Å².